The molecule has 2 amide bonds. The van der Waals surface area contributed by atoms with Crippen LogP contribution in [0.2, 0.25) is 0 Å². The number of nitrogens with zero attached hydrogens (tertiary/aromatic N) is 2. The lowest BCUT2D eigenvalue weighted by Crippen LogP contribution is -2.23. The highest BCUT2D eigenvalue weighted by Gasteiger charge is 2.10. The first-order valence-corrected chi connectivity index (χ1v) is 10.7. The van der Waals surface area contributed by atoms with Gasteiger partial charge in [0.2, 0.25) is 11.9 Å². The summed E-state index contributed by atoms with van der Waals surface area (Å²) in [6, 6.07) is 18.9. The summed E-state index contributed by atoms with van der Waals surface area (Å²) in [5.41, 5.74) is 3.32. The Morgan fingerprint density at radius 3 is 2.46 bits per heavy atom. The molecule has 9 heteroatoms. The van der Waals surface area contributed by atoms with Gasteiger partial charge < -0.3 is 16.0 Å². The van der Waals surface area contributed by atoms with E-state index in [-0.39, 0.29) is 18.0 Å². The van der Waals surface area contributed by atoms with Crippen LogP contribution in [0.3, 0.4) is 0 Å². The van der Waals surface area contributed by atoms with Gasteiger partial charge in [-0.3, -0.25) is 9.59 Å². The van der Waals surface area contributed by atoms with Crippen LogP contribution in [0, 0.1) is 11.6 Å². The standard InChI is InChI=1S/C26H21F2N5O2/c1-16(34)31-21-9-6-17(7-10-21)24-11-12-29-26(33-24)32-22-4-2-3-18(13-22)25(35)30-15-19-5-8-20(27)14-23(19)28/h2-14H,15H2,1H3,(H,30,35)(H,31,34)(H,29,32,33). The molecular formula is C26H21F2N5O2. The molecule has 0 spiro atoms. The molecule has 0 saturated heterocycles. The number of nitrogens with one attached hydrogen (secondary N) is 3. The molecule has 0 aliphatic rings. The summed E-state index contributed by atoms with van der Waals surface area (Å²) in [4.78, 5) is 32.5. The van der Waals surface area contributed by atoms with Gasteiger partial charge in [0.25, 0.3) is 5.91 Å². The molecule has 35 heavy (non-hydrogen) atoms. The number of aromatic nitrogens is 2. The maximum atomic E-state index is 13.8. The zero-order chi connectivity index (χ0) is 24.8. The summed E-state index contributed by atoms with van der Waals surface area (Å²) in [7, 11) is 0. The fourth-order valence-corrected chi connectivity index (χ4v) is 3.32. The highest BCUT2D eigenvalue weighted by atomic mass is 19.1. The molecule has 4 rings (SSSR count). The summed E-state index contributed by atoms with van der Waals surface area (Å²) < 4.78 is 26.9. The van der Waals surface area contributed by atoms with Crippen molar-refractivity contribution in [3.05, 3.63) is 102 Å². The zero-order valence-electron chi connectivity index (χ0n) is 18.7. The smallest absolute Gasteiger partial charge is 0.251 e. The summed E-state index contributed by atoms with van der Waals surface area (Å²) in [6.07, 6.45) is 1.61. The van der Waals surface area contributed by atoms with Gasteiger partial charge in [-0.25, -0.2) is 18.7 Å². The average Bonchev–Trinajstić information content (AvgIpc) is 2.84. The predicted molar refractivity (Wildman–Crippen MR) is 129 cm³/mol. The number of carbonyl (C=O) groups excluding carboxylic acids is 2. The largest absolute Gasteiger partial charge is 0.348 e. The number of amides is 2. The number of hydrogen-bond donors (Lipinski definition) is 3. The van der Waals surface area contributed by atoms with Crippen molar-refractivity contribution in [2.45, 2.75) is 13.5 Å². The van der Waals surface area contributed by atoms with Crippen molar-refractivity contribution < 1.29 is 18.4 Å². The van der Waals surface area contributed by atoms with Crippen LogP contribution < -0.4 is 16.0 Å². The molecule has 0 radical (unpaired) electrons. The van der Waals surface area contributed by atoms with Gasteiger partial charge in [0, 0.05) is 53.8 Å². The minimum atomic E-state index is -0.720. The third kappa shape index (κ3) is 6.23. The number of carbonyl (C=O) groups is 2. The van der Waals surface area contributed by atoms with Gasteiger partial charge in [0.15, 0.2) is 0 Å². The summed E-state index contributed by atoms with van der Waals surface area (Å²) in [5, 5.41) is 8.42. The molecule has 3 N–H and O–H groups in total. The normalized spacial score (nSPS) is 10.5. The van der Waals surface area contributed by atoms with E-state index in [2.05, 4.69) is 25.9 Å². The van der Waals surface area contributed by atoms with Gasteiger partial charge in [-0.2, -0.15) is 0 Å². The van der Waals surface area contributed by atoms with Crippen LogP contribution in [0.25, 0.3) is 11.3 Å². The zero-order valence-corrected chi connectivity index (χ0v) is 18.7. The van der Waals surface area contributed by atoms with Crippen molar-refractivity contribution in [1.82, 2.24) is 15.3 Å². The molecule has 0 atom stereocenters. The maximum absolute atomic E-state index is 13.8. The van der Waals surface area contributed by atoms with Crippen molar-refractivity contribution in [1.29, 1.82) is 0 Å². The quantitative estimate of drug-likeness (QED) is 0.349. The minimum Gasteiger partial charge on any atom is -0.348 e. The second-order valence-electron chi connectivity index (χ2n) is 7.65. The monoisotopic (exact) mass is 473 g/mol. The molecule has 4 aromatic rings. The van der Waals surface area contributed by atoms with E-state index in [0.717, 1.165) is 17.7 Å². The number of anilines is 3. The van der Waals surface area contributed by atoms with Gasteiger partial charge in [0.05, 0.1) is 5.69 Å². The van der Waals surface area contributed by atoms with Gasteiger partial charge >= 0.3 is 0 Å². The lowest BCUT2D eigenvalue weighted by molar-refractivity contribution is -0.114. The first kappa shape index (κ1) is 23.5. The summed E-state index contributed by atoms with van der Waals surface area (Å²) in [6.45, 7) is 1.37. The first-order chi connectivity index (χ1) is 16.9. The molecule has 1 heterocycles. The minimum absolute atomic E-state index is 0.0749. The van der Waals surface area contributed by atoms with Gasteiger partial charge in [-0.1, -0.05) is 24.3 Å². The molecule has 3 aromatic carbocycles. The molecule has 0 aliphatic heterocycles. The van der Waals surface area contributed by atoms with E-state index < -0.39 is 17.5 Å². The van der Waals surface area contributed by atoms with Gasteiger partial charge in [-0.15, -0.1) is 0 Å². The average molecular weight is 473 g/mol. The fraction of sp³-hybridized carbons (Fsp3) is 0.0769. The molecule has 0 aliphatic carbocycles. The molecule has 0 unspecified atom stereocenters. The molecule has 0 bridgehead atoms. The summed E-state index contributed by atoms with van der Waals surface area (Å²) >= 11 is 0. The topological polar surface area (TPSA) is 96.0 Å². The number of benzene rings is 3. The number of halogens is 2. The Hall–Kier alpha value is -4.66. The second-order valence-corrected chi connectivity index (χ2v) is 7.65. The van der Waals surface area contributed by atoms with Crippen molar-refractivity contribution in [3.63, 3.8) is 0 Å². The SMILES string of the molecule is CC(=O)Nc1ccc(-c2ccnc(Nc3cccc(C(=O)NCc4ccc(F)cc4F)c3)n2)cc1. The fourth-order valence-electron chi connectivity index (χ4n) is 3.32. The Kier molecular flexibility index (Phi) is 7.06. The Morgan fingerprint density at radius 2 is 1.71 bits per heavy atom. The number of rotatable bonds is 7. The molecular weight excluding hydrogens is 452 g/mol. The Bertz CT molecular complexity index is 1380. The van der Waals surface area contributed by atoms with Crippen molar-refractivity contribution in [3.8, 4) is 11.3 Å². The molecule has 0 saturated carbocycles. The highest BCUT2D eigenvalue weighted by molar-refractivity contribution is 5.95. The molecule has 7 nitrogen and oxygen atoms in total. The molecule has 176 valence electrons. The van der Waals surface area contributed by atoms with E-state index in [1.807, 2.05) is 12.1 Å². The Balaban J connectivity index is 1.43. The van der Waals surface area contributed by atoms with E-state index in [1.54, 1.807) is 48.7 Å². The van der Waals surface area contributed by atoms with Crippen LogP contribution in [-0.2, 0) is 11.3 Å². The van der Waals surface area contributed by atoms with E-state index in [9.17, 15) is 18.4 Å². The van der Waals surface area contributed by atoms with E-state index >= 15 is 0 Å². The predicted octanol–water partition coefficient (Wildman–Crippen LogP) is 5.05. The second kappa shape index (κ2) is 10.5. The van der Waals surface area contributed by atoms with Gasteiger partial charge in [0.1, 0.15) is 11.6 Å². The number of hydrogen-bond acceptors (Lipinski definition) is 5. The molecule has 1 aromatic heterocycles. The summed E-state index contributed by atoms with van der Waals surface area (Å²) in [5.74, 6) is -1.62. The van der Waals surface area contributed by atoms with E-state index in [0.29, 0.717) is 28.6 Å². The van der Waals surface area contributed by atoms with Crippen LogP contribution in [0.5, 0.6) is 0 Å². The third-order valence-corrected chi connectivity index (χ3v) is 4.99. The van der Waals surface area contributed by atoms with Crippen molar-refractivity contribution >= 4 is 29.1 Å². The van der Waals surface area contributed by atoms with Crippen LogP contribution in [0.1, 0.15) is 22.8 Å². The maximum Gasteiger partial charge on any atom is 0.251 e. The highest BCUT2D eigenvalue weighted by Crippen LogP contribution is 2.22. The Labute approximate surface area is 200 Å². The van der Waals surface area contributed by atoms with Crippen molar-refractivity contribution in [2.75, 3.05) is 10.6 Å². The third-order valence-electron chi connectivity index (χ3n) is 4.99. The van der Waals surface area contributed by atoms with Crippen LogP contribution >= 0.6 is 0 Å². The van der Waals surface area contributed by atoms with Crippen LogP contribution in [-0.4, -0.2) is 21.8 Å². The van der Waals surface area contributed by atoms with E-state index in [1.165, 1.54) is 13.0 Å². The van der Waals surface area contributed by atoms with Crippen LogP contribution in [0.15, 0.2) is 79.0 Å². The lowest BCUT2D eigenvalue weighted by atomic mass is 10.1. The lowest BCUT2D eigenvalue weighted by Gasteiger charge is -2.10. The Morgan fingerprint density at radius 1 is 0.914 bits per heavy atom. The van der Waals surface area contributed by atoms with Crippen molar-refractivity contribution in [2.24, 2.45) is 0 Å². The molecule has 0 fully saturated rings. The van der Waals surface area contributed by atoms with E-state index in [4.69, 9.17) is 0 Å². The van der Waals surface area contributed by atoms with Gasteiger partial charge in [-0.05, 0) is 42.5 Å². The van der Waals surface area contributed by atoms with Crippen LogP contribution in [0.4, 0.5) is 26.1 Å². The first-order valence-electron chi connectivity index (χ1n) is 10.7.